The highest BCUT2D eigenvalue weighted by Crippen LogP contribution is 2.37. The minimum Gasteiger partial charge on any atom is -0.371 e. The molecule has 0 atom stereocenters. The highest BCUT2D eigenvalue weighted by molar-refractivity contribution is 7.91. The van der Waals surface area contributed by atoms with Gasteiger partial charge in [-0.25, -0.2) is 13.4 Å². The summed E-state index contributed by atoms with van der Waals surface area (Å²) in [4.78, 5) is 18.9. The van der Waals surface area contributed by atoms with Gasteiger partial charge in [0.15, 0.2) is 9.84 Å². The smallest absolute Gasteiger partial charge is 0.371 e. The maximum absolute atomic E-state index is 13.2. The Morgan fingerprint density at radius 1 is 0.923 bits per heavy atom. The predicted molar refractivity (Wildman–Crippen MR) is 133 cm³/mol. The van der Waals surface area contributed by atoms with E-state index in [2.05, 4.69) is 10.3 Å². The van der Waals surface area contributed by atoms with Crippen LogP contribution < -0.4 is 15.1 Å². The fourth-order valence-electron chi connectivity index (χ4n) is 4.89. The van der Waals surface area contributed by atoms with Gasteiger partial charge < -0.3 is 15.1 Å². The predicted octanol–water partition coefficient (Wildman–Crippen LogP) is 4.53. The van der Waals surface area contributed by atoms with Gasteiger partial charge >= 0.3 is 12.4 Å². The van der Waals surface area contributed by atoms with Crippen molar-refractivity contribution in [1.82, 2.24) is 10.3 Å². The number of carbonyl (C=O) groups excluding carboxylic acids is 1. The molecule has 0 radical (unpaired) electrons. The quantitative estimate of drug-likeness (QED) is 0.526. The summed E-state index contributed by atoms with van der Waals surface area (Å²) in [6, 6.07) is 7.58. The summed E-state index contributed by atoms with van der Waals surface area (Å²) in [7, 11) is -1.55. The van der Waals surface area contributed by atoms with E-state index in [1.807, 2.05) is 4.90 Å². The van der Waals surface area contributed by atoms with Crippen LogP contribution in [0.4, 0.5) is 37.7 Å². The van der Waals surface area contributed by atoms with Crippen molar-refractivity contribution in [3.05, 3.63) is 53.3 Å². The zero-order valence-corrected chi connectivity index (χ0v) is 21.8. The number of carbonyl (C=O) groups is 1. The second kappa shape index (κ2) is 10.9. The largest absolute Gasteiger partial charge is 0.433 e. The highest BCUT2D eigenvalue weighted by Gasteiger charge is 2.39. The van der Waals surface area contributed by atoms with Gasteiger partial charge in [-0.1, -0.05) is 0 Å². The Balaban J connectivity index is 1.34. The molecule has 0 unspecified atom stereocenters. The molecule has 1 aliphatic heterocycles. The Kier molecular flexibility index (Phi) is 8.06. The number of pyridine rings is 1. The topological polar surface area (TPSA) is 82.6 Å². The van der Waals surface area contributed by atoms with Crippen LogP contribution in [0, 0.1) is 0 Å². The van der Waals surface area contributed by atoms with Crippen molar-refractivity contribution in [3.8, 4) is 0 Å². The lowest BCUT2D eigenvalue weighted by Gasteiger charge is -2.36. The Hall–Kier alpha value is -3.03. The first-order chi connectivity index (χ1) is 18.1. The minimum atomic E-state index is -5.02. The van der Waals surface area contributed by atoms with E-state index >= 15 is 0 Å². The highest BCUT2D eigenvalue weighted by atomic mass is 32.2. The number of rotatable bonds is 5. The number of nitrogens with zero attached hydrogens (tertiary/aromatic N) is 3. The Bertz CT molecular complexity index is 1240. The van der Waals surface area contributed by atoms with Crippen LogP contribution >= 0.6 is 0 Å². The first kappa shape index (κ1) is 29.0. The van der Waals surface area contributed by atoms with Crippen molar-refractivity contribution in [3.63, 3.8) is 0 Å². The molecule has 7 nitrogen and oxygen atoms in total. The summed E-state index contributed by atoms with van der Waals surface area (Å²) in [5.41, 5.74) is -2.17. The monoisotopic (exact) mass is 578 g/mol. The minimum absolute atomic E-state index is 0.0846. The number of hydrogen-bond acceptors (Lipinski definition) is 6. The maximum Gasteiger partial charge on any atom is 0.433 e. The number of anilines is 2. The fourth-order valence-corrected chi connectivity index (χ4v) is 6.09. The van der Waals surface area contributed by atoms with E-state index in [4.69, 9.17) is 0 Å². The molecule has 39 heavy (non-hydrogen) atoms. The molecule has 214 valence electrons. The third kappa shape index (κ3) is 7.14. The summed E-state index contributed by atoms with van der Waals surface area (Å²) in [5.74, 6) is -0.124. The van der Waals surface area contributed by atoms with E-state index in [1.54, 1.807) is 24.3 Å². The molecule has 1 saturated carbocycles. The molecule has 1 N–H and O–H groups in total. The van der Waals surface area contributed by atoms with Crippen molar-refractivity contribution in [1.29, 1.82) is 0 Å². The maximum atomic E-state index is 13.2. The number of alkyl halides is 6. The van der Waals surface area contributed by atoms with Gasteiger partial charge in [0.05, 0.1) is 11.5 Å². The fraction of sp³-hybridized carbons (Fsp3) is 0.520. The van der Waals surface area contributed by atoms with Crippen LogP contribution in [0.25, 0.3) is 0 Å². The average molecular weight is 579 g/mol. The lowest BCUT2D eigenvalue weighted by atomic mass is 9.90. The number of hydrogen-bond donors (Lipinski definition) is 1. The van der Waals surface area contributed by atoms with Crippen LogP contribution in [-0.4, -0.2) is 63.0 Å². The molecule has 1 amide bonds. The number of halogens is 6. The third-order valence-corrected chi connectivity index (χ3v) is 8.83. The molecule has 1 aromatic heterocycles. The molecular formula is C25H28F6N4O3S. The number of sulfone groups is 1. The summed E-state index contributed by atoms with van der Waals surface area (Å²) in [5, 5.41) is 2.94. The first-order valence-electron chi connectivity index (χ1n) is 12.4. The molecule has 1 aromatic carbocycles. The number of amides is 1. The standard InChI is InChI=1S/C25H28F6N4O3S/c1-34(20-14-21(24(26,27)28)33-22(15-20)25(29,30)31)18-8-4-17(5-9-18)32-23(36)16-2-6-19(7-3-16)35-10-12-39(37,38)13-11-35/h2-3,6-7,14-15,17-18H,4-5,8-13H2,1H3,(H,32,36)/t17-,18+. The van der Waals surface area contributed by atoms with E-state index in [9.17, 15) is 39.6 Å². The van der Waals surface area contributed by atoms with Gasteiger partial charge in [-0.3, -0.25) is 4.79 Å². The van der Waals surface area contributed by atoms with Crippen LogP contribution in [0.2, 0.25) is 0 Å². The molecule has 2 fully saturated rings. The van der Waals surface area contributed by atoms with Crippen LogP contribution in [0.15, 0.2) is 36.4 Å². The number of nitrogens with one attached hydrogen (secondary N) is 1. The van der Waals surface area contributed by atoms with Gasteiger partial charge in [-0.2, -0.15) is 26.3 Å². The van der Waals surface area contributed by atoms with Crippen LogP contribution in [-0.2, 0) is 22.2 Å². The number of aromatic nitrogens is 1. The molecule has 14 heteroatoms. The molecule has 2 heterocycles. The van der Waals surface area contributed by atoms with E-state index in [0.29, 0.717) is 56.5 Å². The zero-order valence-electron chi connectivity index (χ0n) is 21.0. The van der Waals surface area contributed by atoms with E-state index in [-0.39, 0.29) is 35.2 Å². The molecule has 1 saturated heterocycles. The Morgan fingerprint density at radius 3 is 1.92 bits per heavy atom. The molecule has 2 aromatic rings. The van der Waals surface area contributed by atoms with Gasteiger partial charge in [-0.15, -0.1) is 0 Å². The van der Waals surface area contributed by atoms with E-state index in [0.717, 1.165) is 5.69 Å². The number of benzene rings is 1. The second-order valence-electron chi connectivity index (χ2n) is 9.87. The average Bonchev–Trinajstić information content (AvgIpc) is 2.87. The van der Waals surface area contributed by atoms with Gasteiger partial charge in [0.2, 0.25) is 0 Å². The first-order valence-corrected chi connectivity index (χ1v) is 14.2. The van der Waals surface area contributed by atoms with Gasteiger partial charge in [0, 0.05) is 49.2 Å². The second-order valence-corrected chi connectivity index (χ2v) is 12.2. The molecule has 4 rings (SSSR count). The van der Waals surface area contributed by atoms with E-state index < -0.39 is 33.6 Å². The van der Waals surface area contributed by atoms with Crippen LogP contribution in [0.5, 0.6) is 0 Å². The van der Waals surface area contributed by atoms with Crippen LogP contribution in [0.3, 0.4) is 0 Å². The SMILES string of the molecule is CN(c1cc(C(F)(F)F)nc(C(F)(F)F)c1)[C@H]1CC[C@@H](NC(=O)c2ccc(N3CCS(=O)(=O)CC3)cc2)CC1. The summed E-state index contributed by atoms with van der Waals surface area (Å²) >= 11 is 0. The normalized spacial score (nSPS) is 21.9. The Labute approximate surface area is 222 Å². The lowest BCUT2D eigenvalue weighted by Crippen LogP contribution is -2.43. The van der Waals surface area contributed by atoms with Crippen molar-refractivity contribution in [2.75, 3.05) is 41.4 Å². The van der Waals surface area contributed by atoms with Crippen molar-refractivity contribution in [2.24, 2.45) is 0 Å². The third-order valence-electron chi connectivity index (χ3n) is 7.22. The summed E-state index contributed by atoms with van der Waals surface area (Å²) < 4.78 is 102. The van der Waals surface area contributed by atoms with E-state index in [1.165, 1.54) is 11.9 Å². The summed E-state index contributed by atoms with van der Waals surface area (Å²) in [6.07, 6.45) is -8.11. The van der Waals surface area contributed by atoms with Gasteiger partial charge in [-0.05, 0) is 62.1 Å². The molecule has 1 aliphatic carbocycles. The zero-order chi connectivity index (χ0) is 28.6. The molecule has 0 spiro atoms. The Morgan fingerprint density at radius 2 is 1.44 bits per heavy atom. The van der Waals surface area contributed by atoms with Crippen molar-refractivity contribution < 1.29 is 39.6 Å². The van der Waals surface area contributed by atoms with Gasteiger partial charge in [0.25, 0.3) is 5.91 Å². The van der Waals surface area contributed by atoms with Crippen molar-refractivity contribution >= 4 is 27.1 Å². The molecular weight excluding hydrogens is 550 g/mol. The summed E-state index contributed by atoms with van der Waals surface area (Å²) in [6.45, 7) is 0.778. The molecule has 0 bridgehead atoms. The van der Waals surface area contributed by atoms with Crippen LogP contribution in [0.1, 0.15) is 47.4 Å². The van der Waals surface area contributed by atoms with Gasteiger partial charge in [0.1, 0.15) is 11.4 Å². The van der Waals surface area contributed by atoms with Crippen molar-refractivity contribution in [2.45, 2.75) is 50.1 Å². The molecule has 2 aliphatic rings. The lowest BCUT2D eigenvalue weighted by molar-refractivity contribution is -0.150.